The summed E-state index contributed by atoms with van der Waals surface area (Å²) in [4.78, 5) is 46.6. The van der Waals surface area contributed by atoms with Gasteiger partial charge in [0.15, 0.2) is 0 Å². The number of halogens is 2. The van der Waals surface area contributed by atoms with Gasteiger partial charge in [-0.3, -0.25) is 19.0 Å². The molecule has 0 radical (unpaired) electrons. The Morgan fingerprint density at radius 2 is 1.81 bits per heavy atom. The van der Waals surface area contributed by atoms with Crippen molar-refractivity contribution in [2.75, 3.05) is 44.3 Å². The second-order valence-corrected chi connectivity index (χ2v) is 10.1. The fraction of sp³-hybridized carbons (Fsp3) is 0.360. The number of anilines is 1. The molecule has 3 heterocycles. The minimum absolute atomic E-state index is 0.0820. The van der Waals surface area contributed by atoms with Gasteiger partial charge in [0.05, 0.1) is 40.5 Å². The second kappa shape index (κ2) is 10.3. The SMILES string of the molecule is NC1(C(=O)N2CCN(c3ccc4ncn(CC(=O)NCc5ccc(Cl)c(Cl)c5)c(=O)c4c3)CC2)COC1. The van der Waals surface area contributed by atoms with E-state index < -0.39 is 5.54 Å². The van der Waals surface area contributed by atoms with Gasteiger partial charge in [0.2, 0.25) is 11.8 Å². The van der Waals surface area contributed by atoms with Crippen LogP contribution in [-0.2, 0) is 27.4 Å². The number of carbonyl (C=O) groups is 2. The topological polar surface area (TPSA) is 123 Å². The molecule has 0 saturated carbocycles. The van der Waals surface area contributed by atoms with E-state index in [9.17, 15) is 14.4 Å². The summed E-state index contributed by atoms with van der Waals surface area (Å²) in [6.45, 7) is 2.88. The van der Waals surface area contributed by atoms with E-state index in [1.807, 2.05) is 6.07 Å². The van der Waals surface area contributed by atoms with Crippen LogP contribution in [0.1, 0.15) is 5.56 Å². The van der Waals surface area contributed by atoms with Crippen molar-refractivity contribution in [2.24, 2.45) is 5.73 Å². The van der Waals surface area contributed by atoms with Gasteiger partial charge in [0, 0.05) is 38.4 Å². The van der Waals surface area contributed by atoms with Crippen molar-refractivity contribution in [3.63, 3.8) is 0 Å². The average Bonchev–Trinajstić information content (AvgIpc) is 2.89. The summed E-state index contributed by atoms with van der Waals surface area (Å²) < 4.78 is 6.40. The van der Waals surface area contributed by atoms with Crippen molar-refractivity contribution in [3.8, 4) is 0 Å². The molecule has 0 spiro atoms. The lowest BCUT2D eigenvalue weighted by molar-refractivity contribution is -0.154. The van der Waals surface area contributed by atoms with E-state index in [4.69, 9.17) is 33.7 Å². The van der Waals surface area contributed by atoms with Crippen molar-refractivity contribution in [1.29, 1.82) is 0 Å². The summed E-state index contributed by atoms with van der Waals surface area (Å²) in [5, 5.41) is 4.04. The summed E-state index contributed by atoms with van der Waals surface area (Å²) in [6.07, 6.45) is 1.38. The van der Waals surface area contributed by atoms with Crippen molar-refractivity contribution < 1.29 is 14.3 Å². The molecule has 2 saturated heterocycles. The van der Waals surface area contributed by atoms with Crippen molar-refractivity contribution in [3.05, 3.63) is 68.7 Å². The minimum Gasteiger partial charge on any atom is -0.376 e. The quantitative estimate of drug-likeness (QED) is 0.480. The van der Waals surface area contributed by atoms with Crippen LogP contribution in [0.5, 0.6) is 0 Å². The first-order valence-electron chi connectivity index (χ1n) is 11.8. The molecule has 3 aromatic rings. The van der Waals surface area contributed by atoms with E-state index in [-0.39, 0.29) is 43.7 Å². The summed E-state index contributed by atoms with van der Waals surface area (Å²) in [5.41, 5.74) is 7.08. The fourth-order valence-electron chi connectivity index (χ4n) is 4.45. The minimum atomic E-state index is -0.907. The number of piperazine rings is 1. The molecule has 0 atom stereocenters. The first-order chi connectivity index (χ1) is 17.7. The molecule has 1 aromatic heterocycles. The van der Waals surface area contributed by atoms with Gasteiger partial charge in [0.1, 0.15) is 12.1 Å². The molecule has 194 valence electrons. The number of aromatic nitrogens is 2. The molecule has 2 fully saturated rings. The number of nitrogens with zero attached hydrogens (tertiary/aromatic N) is 4. The van der Waals surface area contributed by atoms with Crippen LogP contribution in [0, 0.1) is 0 Å². The van der Waals surface area contributed by atoms with Gasteiger partial charge >= 0.3 is 0 Å². The van der Waals surface area contributed by atoms with E-state index in [2.05, 4.69) is 15.2 Å². The predicted octanol–water partition coefficient (Wildman–Crippen LogP) is 1.40. The first kappa shape index (κ1) is 25.5. The largest absolute Gasteiger partial charge is 0.376 e. The Hall–Kier alpha value is -3.18. The Morgan fingerprint density at radius 1 is 1.05 bits per heavy atom. The van der Waals surface area contributed by atoms with Gasteiger partial charge in [-0.05, 0) is 35.9 Å². The van der Waals surface area contributed by atoms with Crippen molar-refractivity contribution in [1.82, 2.24) is 19.8 Å². The molecule has 0 bridgehead atoms. The second-order valence-electron chi connectivity index (χ2n) is 9.33. The molecule has 2 aromatic carbocycles. The number of nitrogens with one attached hydrogen (secondary N) is 1. The number of benzene rings is 2. The van der Waals surface area contributed by atoms with Gasteiger partial charge in [-0.25, -0.2) is 4.98 Å². The molecular weight excluding hydrogens is 519 g/mol. The lowest BCUT2D eigenvalue weighted by Crippen LogP contribution is -2.68. The third kappa shape index (κ3) is 5.28. The van der Waals surface area contributed by atoms with E-state index in [0.29, 0.717) is 47.1 Å². The highest BCUT2D eigenvalue weighted by atomic mass is 35.5. The van der Waals surface area contributed by atoms with Crippen LogP contribution in [0.3, 0.4) is 0 Å². The number of rotatable bonds is 6. The zero-order chi connectivity index (χ0) is 26.2. The molecule has 5 rings (SSSR count). The molecule has 2 amide bonds. The highest BCUT2D eigenvalue weighted by Gasteiger charge is 2.45. The number of amides is 2. The van der Waals surface area contributed by atoms with Gasteiger partial charge in [-0.1, -0.05) is 29.3 Å². The molecule has 10 nitrogen and oxygen atoms in total. The third-order valence-corrected chi connectivity index (χ3v) is 7.41. The number of carbonyl (C=O) groups excluding carboxylic acids is 2. The van der Waals surface area contributed by atoms with Crippen LogP contribution in [0.4, 0.5) is 5.69 Å². The molecular formula is C25H26Cl2N6O4. The highest BCUT2D eigenvalue weighted by molar-refractivity contribution is 6.42. The van der Waals surface area contributed by atoms with Gasteiger partial charge < -0.3 is 25.6 Å². The van der Waals surface area contributed by atoms with E-state index in [1.165, 1.54) is 10.9 Å². The van der Waals surface area contributed by atoms with E-state index >= 15 is 0 Å². The monoisotopic (exact) mass is 544 g/mol. The van der Waals surface area contributed by atoms with Gasteiger partial charge in [-0.15, -0.1) is 0 Å². The fourth-order valence-corrected chi connectivity index (χ4v) is 4.77. The van der Waals surface area contributed by atoms with Gasteiger partial charge in [-0.2, -0.15) is 0 Å². The zero-order valence-corrected chi connectivity index (χ0v) is 21.5. The Balaban J connectivity index is 1.24. The number of hydrogen-bond acceptors (Lipinski definition) is 7. The summed E-state index contributed by atoms with van der Waals surface area (Å²) in [5.74, 6) is -0.415. The van der Waals surface area contributed by atoms with Crippen LogP contribution < -0.4 is 21.5 Å². The Morgan fingerprint density at radius 3 is 2.49 bits per heavy atom. The van der Waals surface area contributed by atoms with Crippen LogP contribution in [0.25, 0.3) is 10.9 Å². The Bertz CT molecular complexity index is 1420. The predicted molar refractivity (Wildman–Crippen MR) is 141 cm³/mol. The van der Waals surface area contributed by atoms with Gasteiger partial charge in [0.25, 0.3) is 5.56 Å². The number of ether oxygens (including phenoxy) is 1. The first-order valence-corrected chi connectivity index (χ1v) is 12.6. The molecule has 2 aliphatic heterocycles. The molecule has 37 heavy (non-hydrogen) atoms. The molecule has 0 unspecified atom stereocenters. The van der Waals surface area contributed by atoms with Crippen LogP contribution in [-0.4, -0.2) is 71.2 Å². The maximum Gasteiger partial charge on any atom is 0.261 e. The summed E-state index contributed by atoms with van der Waals surface area (Å²) >= 11 is 12.0. The van der Waals surface area contributed by atoms with Crippen molar-refractivity contribution >= 4 is 51.6 Å². The lowest BCUT2D eigenvalue weighted by Gasteiger charge is -2.43. The maximum absolute atomic E-state index is 13.2. The molecule has 3 N–H and O–H groups in total. The third-order valence-electron chi connectivity index (χ3n) is 6.67. The normalized spacial score (nSPS) is 16.9. The average molecular weight is 545 g/mol. The molecule has 2 aliphatic rings. The lowest BCUT2D eigenvalue weighted by atomic mass is 9.96. The number of hydrogen-bond donors (Lipinski definition) is 2. The Labute approximate surface area is 222 Å². The highest BCUT2D eigenvalue weighted by Crippen LogP contribution is 2.24. The standard InChI is InChI=1S/C25H26Cl2N6O4/c26-19-3-1-16(9-20(19)27)11-29-22(34)12-33-15-30-21-4-2-17(10-18(21)23(33)35)31-5-7-32(8-6-31)24(36)25(28)13-37-14-25/h1-4,9-10,15H,5-8,11-14,28H2,(H,29,34). The summed E-state index contributed by atoms with van der Waals surface area (Å²) in [7, 11) is 0. The van der Waals surface area contributed by atoms with E-state index in [1.54, 1.807) is 35.2 Å². The molecule has 12 heteroatoms. The number of nitrogens with two attached hydrogens (primary N) is 1. The Kier molecular flexibility index (Phi) is 7.09. The zero-order valence-electron chi connectivity index (χ0n) is 20.0. The van der Waals surface area contributed by atoms with Crippen LogP contribution >= 0.6 is 23.2 Å². The number of fused-ring (bicyclic) bond motifs is 1. The molecule has 0 aliphatic carbocycles. The van der Waals surface area contributed by atoms with Crippen LogP contribution in [0.15, 0.2) is 47.5 Å². The smallest absolute Gasteiger partial charge is 0.261 e. The van der Waals surface area contributed by atoms with E-state index in [0.717, 1.165) is 11.3 Å². The van der Waals surface area contributed by atoms with Crippen molar-refractivity contribution in [2.45, 2.75) is 18.6 Å². The van der Waals surface area contributed by atoms with Crippen LogP contribution in [0.2, 0.25) is 10.0 Å². The maximum atomic E-state index is 13.2. The summed E-state index contributed by atoms with van der Waals surface area (Å²) in [6, 6.07) is 10.6.